The summed E-state index contributed by atoms with van der Waals surface area (Å²) in [4.78, 5) is 13.2. The van der Waals surface area contributed by atoms with Crippen LogP contribution in [0.1, 0.15) is 341 Å². The second kappa shape index (κ2) is 56.7. The zero-order chi connectivity index (χ0) is 58.3. The Labute approximate surface area is 493 Å². The number of aliphatic hydroxyl groups is 4. The Morgan fingerprint density at radius 2 is 0.800 bits per heavy atom. The fourth-order valence-corrected chi connectivity index (χ4v) is 11.7. The van der Waals surface area contributed by atoms with Crippen molar-refractivity contribution in [3.63, 3.8) is 0 Å². The van der Waals surface area contributed by atoms with Gasteiger partial charge >= 0.3 is 10.4 Å². The van der Waals surface area contributed by atoms with Gasteiger partial charge in [-0.05, 0) is 44.9 Å². The van der Waals surface area contributed by atoms with E-state index in [1.165, 1.54) is 276 Å². The summed E-state index contributed by atoms with van der Waals surface area (Å²) in [7, 11) is -5.09. The maximum absolute atomic E-state index is 13.2. The summed E-state index contributed by atoms with van der Waals surface area (Å²) in [5.41, 5.74) is 0. The van der Waals surface area contributed by atoms with E-state index in [1.54, 1.807) is 6.08 Å². The van der Waals surface area contributed by atoms with Crippen LogP contribution in [0.25, 0.3) is 0 Å². The summed E-state index contributed by atoms with van der Waals surface area (Å²) < 4.78 is 48.0. The SMILES string of the molecule is CCCCCCCCCCCCCC/C=C\CCCCCCCCCCCCCCCCCC(=O)NC(COC1OC(CO)C(O)C(OS(=O)(=O)O)C1O)C(O)/C=C/CCCCCCCCCCCCCCCCCCCCCC. The first-order chi connectivity index (χ1) is 39.0. The fraction of sp³-hybridized carbons (Fsp3) is 0.925. The lowest BCUT2D eigenvalue weighted by molar-refractivity contribution is -0.298. The molecule has 1 fully saturated rings. The van der Waals surface area contributed by atoms with Crippen molar-refractivity contribution < 1.29 is 51.8 Å². The lowest BCUT2D eigenvalue weighted by atomic mass is 9.99. The highest BCUT2D eigenvalue weighted by Gasteiger charge is 2.48. The number of amides is 1. The van der Waals surface area contributed by atoms with Crippen molar-refractivity contribution in [1.82, 2.24) is 5.32 Å². The first-order valence-electron chi connectivity index (χ1n) is 34.2. The number of allylic oxidation sites excluding steroid dienone is 3. The molecule has 7 atom stereocenters. The van der Waals surface area contributed by atoms with Gasteiger partial charge in [0.1, 0.15) is 24.4 Å². The molecule has 1 rings (SSSR count). The molecule has 0 saturated carbocycles. The summed E-state index contributed by atoms with van der Waals surface area (Å²) in [6.07, 6.45) is 63.9. The Bertz CT molecular complexity index is 1500. The van der Waals surface area contributed by atoms with Gasteiger partial charge in [-0.1, -0.05) is 314 Å². The highest BCUT2D eigenvalue weighted by molar-refractivity contribution is 7.80. The summed E-state index contributed by atoms with van der Waals surface area (Å²) in [5, 5.41) is 45.1. The Morgan fingerprint density at radius 3 is 1.12 bits per heavy atom. The molecule has 7 unspecified atom stereocenters. The van der Waals surface area contributed by atoms with Gasteiger partial charge < -0.3 is 35.2 Å². The number of hydrogen-bond donors (Lipinski definition) is 6. The molecule has 0 aromatic heterocycles. The van der Waals surface area contributed by atoms with Gasteiger partial charge in [-0.25, -0.2) is 4.18 Å². The number of carbonyl (C=O) groups is 1. The lowest BCUT2D eigenvalue weighted by Gasteiger charge is -2.41. The van der Waals surface area contributed by atoms with Crippen molar-refractivity contribution in [3.05, 3.63) is 24.3 Å². The minimum Gasteiger partial charge on any atom is -0.394 e. The van der Waals surface area contributed by atoms with Gasteiger partial charge in [0.15, 0.2) is 6.29 Å². The molecule has 0 aromatic carbocycles. The van der Waals surface area contributed by atoms with Gasteiger partial charge in [-0.15, -0.1) is 0 Å². The third-order valence-electron chi connectivity index (χ3n) is 16.5. The van der Waals surface area contributed by atoms with Gasteiger partial charge in [0.25, 0.3) is 0 Å². The molecule has 1 heterocycles. The summed E-state index contributed by atoms with van der Waals surface area (Å²) in [6, 6.07) is -0.944. The normalized spacial score (nSPS) is 18.7. The molecule has 0 aromatic rings. The van der Waals surface area contributed by atoms with E-state index in [0.717, 1.165) is 38.5 Å². The molecule has 80 heavy (non-hydrogen) atoms. The Hall–Kier alpha value is -1.42. The maximum atomic E-state index is 13.2. The van der Waals surface area contributed by atoms with Gasteiger partial charge in [-0.3, -0.25) is 9.35 Å². The van der Waals surface area contributed by atoms with Crippen LogP contribution in [0.15, 0.2) is 24.3 Å². The maximum Gasteiger partial charge on any atom is 0.397 e. The molecule has 1 aliphatic heterocycles. The third-order valence-corrected chi connectivity index (χ3v) is 16.9. The molecule has 0 bridgehead atoms. The van der Waals surface area contributed by atoms with Gasteiger partial charge in [-0.2, -0.15) is 8.42 Å². The standard InChI is InChI=1S/C67H129NO11S/c1-3-5-7-9-11-13-15-17-19-21-23-25-27-28-29-30-31-32-33-34-35-37-39-41-43-45-47-49-51-53-55-57-63(71)68-60(59-77-67-65(73)66(79-80(74,75)76)64(72)62(58-69)78-67)61(70)56-54-52-50-48-46-44-42-40-38-36-26-24-22-20-18-16-14-12-10-8-6-4-2/h28-29,54,56,60-62,64-67,69-70,72-73H,3-27,30-53,55,57-59H2,1-2H3,(H,68,71)(H,74,75,76)/b29-28-,56-54+. The van der Waals surface area contributed by atoms with Crippen molar-refractivity contribution in [2.24, 2.45) is 0 Å². The largest absolute Gasteiger partial charge is 0.397 e. The number of carbonyl (C=O) groups excluding carboxylic acids is 1. The van der Waals surface area contributed by atoms with Crippen LogP contribution in [0.4, 0.5) is 0 Å². The van der Waals surface area contributed by atoms with Crippen LogP contribution in [-0.2, 0) is 28.9 Å². The molecule has 1 saturated heterocycles. The zero-order valence-electron chi connectivity index (χ0n) is 51.9. The van der Waals surface area contributed by atoms with Gasteiger partial charge in [0, 0.05) is 6.42 Å². The van der Waals surface area contributed by atoms with E-state index >= 15 is 0 Å². The van der Waals surface area contributed by atoms with Crippen LogP contribution in [0.5, 0.6) is 0 Å². The topological polar surface area (TPSA) is 192 Å². The molecule has 13 heteroatoms. The van der Waals surface area contributed by atoms with Crippen LogP contribution in [0.2, 0.25) is 0 Å². The van der Waals surface area contributed by atoms with Crippen LogP contribution < -0.4 is 5.32 Å². The number of ether oxygens (including phenoxy) is 2. The first-order valence-corrected chi connectivity index (χ1v) is 35.6. The van der Waals surface area contributed by atoms with Crippen LogP contribution in [0, 0.1) is 0 Å². The highest BCUT2D eigenvalue weighted by Crippen LogP contribution is 2.26. The molecule has 12 nitrogen and oxygen atoms in total. The third kappa shape index (κ3) is 47.9. The number of aliphatic hydroxyl groups excluding tert-OH is 4. The molecule has 1 amide bonds. The Kier molecular flexibility index (Phi) is 54.3. The molecule has 0 radical (unpaired) electrons. The average Bonchev–Trinajstić information content (AvgIpc) is 3.43. The van der Waals surface area contributed by atoms with Crippen molar-refractivity contribution in [3.8, 4) is 0 Å². The van der Waals surface area contributed by atoms with Crippen LogP contribution >= 0.6 is 0 Å². The van der Waals surface area contributed by atoms with Crippen molar-refractivity contribution in [2.45, 2.75) is 384 Å². The Morgan fingerprint density at radius 1 is 0.487 bits per heavy atom. The lowest BCUT2D eigenvalue weighted by Crippen LogP contribution is -2.61. The van der Waals surface area contributed by atoms with E-state index in [1.807, 2.05) is 6.08 Å². The second-order valence-electron chi connectivity index (χ2n) is 24.1. The molecular formula is C67H129NO11S. The molecular weight excluding hydrogens is 1030 g/mol. The molecule has 1 aliphatic rings. The van der Waals surface area contributed by atoms with E-state index in [9.17, 15) is 38.2 Å². The van der Waals surface area contributed by atoms with Crippen LogP contribution in [0.3, 0.4) is 0 Å². The van der Waals surface area contributed by atoms with E-state index in [2.05, 4.69) is 35.5 Å². The van der Waals surface area contributed by atoms with Crippen molar-refractivity contribution in [2.75, 3.05) is 13.2 Å². The Balaban J connectivity index is 2.25. The van der Waals surface area contributed by atoms with E-state index < -0.39 is 59.9 Å². The number of hydrogen-bond acceptors (Lipinski definition) is 10. The molecule has 0 spiro atoms. The van der Waals surface area contributed by atoms with Crippen molar-refractivity contribution in [1.29, 1.82) is 0 Å². The van der Waals surface area contributed by atoms with Crippen molar-refractivity contribution >= 4 is 16.3 Å². The first kappa shape index (κ1) is 76.6. The molecule has 474 valence electrons. The molecule has 6 N–H and O–H groups in total. The zero-order valence-corrected chi connectivity index (χ0v) is 52.7. The molecule has 0 aliphatic carbocycles. The van der Waals surface area contributed by atoms with Gasteiger partial charge in [0.05, 0.1) is 25.4 Å². The minimum absolute atomic E-state index is 0.256. The number of unbranched alkanes of at least 4 members (excludes halogenated alkanes) is 47. The minimum atomic E-state index is -5.09. The number of rotatable bonds is 61. The quantitative estimate of drug-likeness (QED) is 0.0193. The summed E-state index contributed by atoms with van der Waals surface area (Å²) in [5.74, 6) is -0.256. The summed E-state index contributed by atoms with van der Waals surface area (Å²) >= 11 is 0. The monoisotopic (exact) mass is 1160 g/mol. The smallest absolute Gasteiger partial charge is 0.394 e. The average molecular weight is 1160 g/mol. The number of nitrogens with one attached hydrogen (secondary N) is 1. The van der Waals surface area contributed by atoms with E-state index in [0.29, 0.717) is 6.42 Å². The van der Waals surface area contributed by atoms with E-state index in [-0.39, 0.29) is 18.9 Å². The van der Waals surface area contributed by atoms with E-state index in [4.69, 9.17) is 9.47 Å². The summed E-state index contributed by atoms with van der Waals surface area (Å²) in [6.45, 7) is 3.46. The highest BCUT2D eigenvalue weighted by atomic mass is 32.3. The fourth-order valence-electron chi connectivity index (χ4n) is 11.2. The predicted molar refractivity (Wildman–Crippen MR) is 333 cm³/mol. The van der Waals surface area contributed by atoms with Crippen LogP contribution in [-0.4, -0.2) is 95.4 Å². The second-order valence-corrected chi connectivity index (χ2v) is 25.2. The predicted octanol–water partition coefficient (Wildman–Crippen LogP) is 17.5. The van der Waals surface area contributed by atoms with Gasteiger partial charge in [0.2, 0.25) is 5.91 Å².